The number of rotatable bonds is 11. The molecule has 2 aromatic heterocycles. The number of anilines is 1. The van der Waals surface area contributed by atoms with Gasteiger partial charge in [0.1, 0.15) is 11.4 Å². The van der Waals surface area contributed by atoms with Gasteiger partial charge in [-0.05, 0) is 60.2 Å². The van der Waals surface area contributed by atoms with Crippen LogP contribution in [0.4, 0.5) is 18.3 Å². The molecule has 11 heteroatoms. The van der Waals surface area contributed by atoms with E-state index in [4.69, 9.17) is 0 Å². The molecule has 4 aromatic rings. The van der Waals surface area contributed by atoms with E-state index in [1.165, 1.54) is 35.4 Å². The molecule has 4 rings (SSSR count). The summed E-state index contributed by atoms with van der Waals surface area (Å²) in [5.41, 5.74) is 3.28. The predicted molar refractivity (Wildman–Crippen MR) is 144 cm³/mol. The zero-order valence-electron chi connectivity index (χ0n) is 20.4. The molecule has 6 nitrogen and oxygen atoms in total. The Morgan fingerprint density at radius 2 is 1.76 bits per heavy atom. The topological polar surface area (TPSA) is 67.3 Å². The Hall–Kier alpha value is -3.57. The standard InChI is InChI=1S/C27H25F3N4O2S2/c1-19-24(25(35)33-37-18-22-8-5-14-31-16-22)32-26(38-19)34(15-13-20-6-3-2-4-7-20)17-21-9-11-23(12-10-21)36-27(28,29)30/h2-12,14,16H,13,15,17-18H2,1H3,(H,33,35). The van der Waals surface area contributed by atoms with Crippen LogP contribution in [0.1, 0.15) is 32.1 Å². The molecule has 0 saturated heterocycles. The first-order valence-corrected chi connectivity index (χ1v) is 13.5. The van der Waals surface area contributed by atoms with Crippen LogP contribution < -0.4 is 14.4 Å². The fraction of sp³-hybridized carbons (Fsp3) is 0.222. The van der Waals surface area contributed by atoms with E-state index in [1.54, 1.807) is 24.5 Å². The summed E-state index contributed by atoms with van der Waals surface area (Å²) in [5, 5.41) is 0.663. The van der Waals surface area contributed by atoms with E-state index in [9.17, 15) is 18.0 Å². The molecule has 0 aliphatic carbocycles. The van der Waals surface area contributed by atoms with Crippen LogP contribution >= 0.6 is 23.3 Å². The molecule has 198 valence electrons. The lowest BCUT2D eigenvalue weighted by Crippen LogP contribution is -2.26. The number of aryl methyl sites for hydroxylation is 1. The van der Waals surface area contributed by atoms with Gasteiger partial charge >= 0.3 is 6.36 Å². The monoisotopic (exact) mass is 558 g/mol. The van der Waals surface area contributed by atoms with Gasteiger partial charge in [-0.1, -0.05) is 48.5 Å². The lowest BCUT2D eigenvalue weighted by atomic mass is 10.1. The van der Waals surface area contributed by atoms with Gasteiger partial charge in [-0.25, -0.2) is 4.98 Å². The largest absolute Gasteiger partial charge is 0.573 e. The van der Waals surface area contributed by atoms with E-state index >= 15 is 0 Å². The highest BCUT2D eigenvalue weighted by atomic mass is 32.2. The highest BCUT2D eigenvalue weighted by molar-refractivity contribution is 7.97. The Morgan fingerprint density at radius 3 is 2.45 bits per heavy atom. The molecule has 0 fully saturated rings. The molecule has 0 radical (unpaired) electrons. The zero-order chi connectivity index (χ0) is 27.0. The number of aromatic nitrogens is 2. The molecule has 2 heterocycles. The number of nitrogens with one attached hydrogen (secondary N) is 1. The van der Waals surface area contributed by atoms with Crippen LogP contribution in [0, 0.1) is 6.92 Å². The Kier molecular flexibility index (Phi) is 9.24. The smallest absolute Gasteiger partial charge is 0.406 e. The summed E-state index contributed by atoms with van der Waals surface area (Å²) in [5.74, 6) is 0.0211. The molecule has 0 atom stereocenters. The van der Waals surface area contributed by atoms with Crippen LogP contribution in [0.25, 0.3) is 0 Å². The molecule has 1 N–H and O–H groups in total. The summed E-state index contributed by atoms with van der Waals surface area (Å²) in [4.78, 5) is 24.4. The van der Waals surface area contributed by atoms with Gasteiger partial charge in [0.05, 0.1) is 0 Å². The number of amides is 1. The number of pyridine rings is 1. The van der Waals surface area contributed by atoms with Gasteiger partial charge in [-0.2, -0.15) is 0 Å². The van der Waals surface area contributed by atoms with Gasteiger partial charge in [-0.15, -0.1) is 24.5 Å². The van der Waals surface area contributed by atoms with Crippen molar-refractivity contribution >= 4 is 34.3 Å². The Balaban J connectivity index is 1.47. The number of carbonyl (C=O) groups is 1. The first-order chi connectivity index (χ1) is 18.3. The van der Waals surface area contributed by atoms with Gasteiger partial charge in [-0.3, -0.25) is 14.5 Å². The quantitative estimate of drug-likeness (QED) is 0.210. The molecule has 0 unspecified atom stereocenters. The van der Waals surface area contributed by atoms with Gasteiger partial charge in [0.2, 0.25) is 0 Å². The van der Waals surface area contributed by atoms with Crippen LogP contribution in [-0.2, 0) is 18.7 Å². The van der Waals surface area contributed by atoms with E-state index < -0.39 is 6.36 Å². The van der Waals surface area contributed by atoms with E-state index in [0.29, 0.717) is 29.7 Å². The number of carbonyl (C=O) groups excluding carboxylic acids is 1. The minimum absolute atomic E-state index is 0.273. The summed E-state index contributed by atoms with van der Waals surface area (Å²) in [7, 11) is 0. The molecular formula is C27H25F3N4O2S2. The first-order valence-electron chi connectivity index (χ1n) is 11.7. The van der Waals surface area contributed by atoms with Crippen LogP contribution in [-0.4, -0.2) is 28.8 Å². The van der Waals surface area contributed by atoms with Gasteiger partial charge in [0.15, 0.2) is 5.13 Å². The maximum absolute atomic E-state index is 12.9. The van der Waals surface area contributed by atoms with Crippen molar-refractivity contribution in [2.75, 3.05) is 11.4 Å². The Morgan fingerprint density at radius 1 is 1.03 bits per heavy atom. The average Bonchev–Trinajstić information content (AvgIpc) is 3.29. The lowest BCUT2D eigenvalue weighted by molar-refractivity contribution is -0.274. The Bertz CT molecular complexity index is 1320. The molecule has 0 aliphatic rings. The SMILES string of the molecule is Cc1sc(N(CCc2ccccc2)Cc2ccc(OC(F)(F)F)cc2)nc1C(=O)NSCc1cccnc1. The van der Waals surface area contributed by atoms with Gasteiger partial charge in [0.25, 0.3) is 5.91 Å². The van der Waals surface area contributed by atoms with Crippen LogP contribution in [0.2, 0.25) is 0 Å². The van der Waals surface area contributed by atoms with E-state index in [0.717, 1.165) is 28.0 Å². The third kappa shape index (κ3) is 8.22. The van der Waals surface area contributed by atoms with Crippen molar-refractivity contribution < 1.29 is 22.7 Å². The average molecular weight is 559 g/mol. The molecule has 0 spiro atoms. The number of hydrogen-bond acceptors (Lipinski definition) is 7. The molecule has 0 bridgehead atoms. The van der Waals surface area contributed by atoms with Crippen molar-refractivity contribution in [3.63, 3.8) is 0 Å². The minimum atomic E-state index is -4.74. The van der Waals surface area contributed by atoms with Crippen molar-refractivity contribution in [3.8, 4) is 5.75 Å². The fourth-order valence-corrected chi connectivity index (χ4v) is 5.18. The van der Waals surface area contributed by atoms with Gasteiger partial charge < -0.3 is 9.64 Å². The lowest BCUT2D eigenvalue weighted by Gasteiger charge is -2.22. The highest BCUT2D eigenvalue weighted by Crippen LogP contribution is 2.29. The number of nitrogens with zero attached hydrogens (tertiary/aromatic N) is 3. The second-order valence-electron chi connectivity index (χ2n) is 8.33. The number of ether oxygens (including phenoxy) is 1. The fourth-order valence-electron chi connectivity index (χ4n) is 3.61. The third-order valence-electron chi connectivity index (χ3n) is 5.44. The molecule has 1 amide bonds. The predicted octanol–water partition coefficient (Wildman–Crippen LogP) is 6.57. The first kappa shape index (κ1) is 27.5. The number of benzene rings is 2. The summed E-state index contributed by atoms with van der Waals surface area (Å²) >= 11 is 2.68. The molecule has 0 saturated carbocycles. The minimum Gasteiger partial charge on any atom is -0.406 e. The number of thiazole rings is 1. The van der Waals surface area contributed by atoms with Crippen LogP contribution in [0.5, 0.6) is 5.75 Å². The molecule has 38 heavy (non-hydrogen) atoms. The van der Waals surface area contributed by atoms with E-state index in [-0.39, 0.29) is 11.7 Å². The highest BCUT2D eigenvalue weighted by Gasteiger charge is 2.31. The number of halogens is 3. The molecule has 0 aliphatic heterocycles. The molecular weight excluding hydrogens is 533 g/mol. The van der Waals surface area contributed by atoms with Crippen LogP contribution in [0.15, 0.2) is 79.1 Å². The number of alkyl halides is 3. The normalized spacial score (nSPS) is 11.3. The molecule has 2 aromatic carbocycles. The maximum atomic E-state index is 12.9. The number of hydrogen-bond donors (Lipinski definition) is 1. The second-order valence-corrected chi connectivity index (χ2v) is 10.3. The van der Waals surface area contributed by atoms with Gasteiger partial charge in [0, 0.05) is 36.1 Å². The van der Waals surface area contributed by atoms with E-state index in [1.807, 2.05) is 54.3 Å². The summed E-state index contributed by atoms with van der Waals surface area (Å²) < 4.78 is 44.4. The van der Waals surface area contributed by atoms with Crippen molar-refractivity contribution in [3.05, 3.63) is 106 Å². The van der Waals surface area contributed by atoms with Crippen LogP contribution in [0.3, 0.4) is 0 Å². The Labute approximate surface area is 227 Å². The summed E-state index contributed by atoms with van der Waals surface area (Å²) in [6.07, 6.45) is -0.564. The maximum Gasteiger partial charge on any atom is 0.573 e. The summed E-state index contributed by atoms with van der Waals surface area (Å²) in [6, 6.07) is 19.5. The van der Waals surface area contributed by atoms with Crippen molar-refractivity contribution in [2.24, 2.45) is 0 Å². The zero-order valence-corrected chi connectivity index (χ0v) is 22.1. The second kappa shape index (κ2) is 12.8. The summed E-state index contributed by atoms with van der Waals surface area (Å²) in [6.45, 7) is 2.86. The van der Waals surface area contributed by atoms with Crippen molar-refractivity contribution in [2.45, 2.75) is 32.0 Å². The third-order valence-corrected chi connectivity index (χ3v) is 7.28. The van der Waals surface area contributed by atoms with E-state index in [2.05, 4.69) is 19.4 Å². The van der Waals surface area contributed by atoms with Crippen molar-refractivity contribution in [1.29, 1.82) is 0 Å². The van der Waals surface area contributed by atoms with Crippen molar-refractivity contribution in [1.82, 2.24) is 14.7 Å².